The molecule has 2 aliphatic heterocycles. The minimum absolute atomic E-state index is 0.234. The van der Waals surface area contributed by atoms with Gasteiger partial charge in [0, 0.05) is 12.5 Å². The first-order valence-corrected chi connectivity index (χ1v) is 10.5. The standard InChI is InChI=1S/C22H28BNO4/c1-22(2)18-9-8-17(19(22)12-18)13-24-14-20(25)27-23(24,28-21(26)15-24)11-10-16-6-4-3-5-7-16/h3-7,10-11,17-19H,8-9,12-15H2,1-2H3/b11-10+/t17?,18-,19?,23?,24?/m1/s1. The van der Waals surface area contributed by atoms with Gasteiger partial charge in [0.25, 0.3) is 0 Å². The second-order valence-electron chi connectivity index (χ2n) is 9.89. The van der Waals surface area contributed by atoms with Crippen molar-refractivity contribution in [2.75, 3.05) is 19.6 Å². The lowest BCUT2D eigenvalue weighted by atomic mass is 9.45. The molecule has 0 N–H and O–H groups in total. The van der Waals surface area contributed by atoms with Crippen LogP contribution >= 0.6 is 0 Å². The molecule has 0 radical (unpaired) electrons. The van der Waals surface area contributed by atoms with Gasteiger partial charge in [-0.25, -0.2) is 0 Å². The molecule has 5 fully saturated rings. The molecule has 148 valence electrons. The third-order valence-corrected chi connectivity index (χ3v) is 8.18. The van der Waals surface area contributed by atoms with E-state index in [2.05, 4.69) is 13.8 Å². The summed E-state index contributed by atoms with van der Waals surface area (Å²) in [6.45, 7) is 3.88. The number of carbonyl (C=O) groups is 2. The third-order valence-electron chi connectivity index (χ3n) is 8.18. The predicted molar refractivity (Wildman–Crippen MR) is 106 cm³/mol. The summed E-state index contributed by atoms with van der Waals surface area (Å²) in [7, 11) is 0. The quantitative estimate of drug-likeness (QED) is 0.752. The van der Waals surface area contributed by atoms with Crippen LogP contribution in [0.3, 0.4) is 0 Å². The number of fused-ring (bicyclic) bond motifs is 3. The average Bonchev–Trinajstić information content (AvgIpc) is 3.05. The number of hydrogen-bond donors (Lipinski definition) is 0. The minimum atomic E-state index is -2.14. The van der Waals surface area contributed by atoms with Gasteiger partial charge in [0.1, 0.15) is 13.1 Å². The molecular formula is C22H28BNO4. The lowest BCUT2D eigenvalue weighted by Gasteiger charge is -2.61. The Morgan fingerprint density at radius 1 is 1.11 bits per heavy atom. The van der Waals surface area contributed by atoms with Gasteiger partial charge >= 0.3 is 18.6 Å². The lowest BCUT2D eigenvalue weighted by molar-refractivity contribution is -0.819. The molecule has 1 aromatic rings. The fourth-order valence-corrected chi connectivity index (χ4v) is 6.51. The van der Waals surface area contributed by atoms with Crippen molar-refractivity contribution in [2.24, 2.45) is 23.2 Å². The predicted octanol–water partition coefficient (Wildman–Crippen LogP) is 3.18. The molecule has 1 aromatic carbocycles. The third kappa shape index (κ3) is 2.50. The molecule has 2 saturated heterocycles. The van der Waals surface area contributed by atoms with Gasteiger partial charge in [0.2, 0.25) is 0 Å². The summed E-state index contributed by atoms with van der Waals surface area (Å²) in [5, 5.41) is 0. The molecule has 3 saturated carbocycles. The molecule has 2 bridgehead atoms. The van der Waals surface area contributed by atoms with Crippen LogP contribution in [0.4, 0.5) is 0 Å². The first-order chi connectivity index (χ1) is 13.3. The van der Waals surface area contributed by atoms with Crippen LogP contribution < -0.4 is 0 Å². The number of quaternary nitrogens is 1. The summed E-state index contributed by atoms with van der Waals surface area (Å²) in [5.74, 6) is 3.34. The van der Waals surface area contributed by atoms with Crippen LogP contribution in [0.5, 0.6) is 0 Å². The van der Waals surface area contributed by atoms with Gasteiger partial charge in [-0.15, -0.1) is 0 Å². The molecule has 2 heterocycles. The van der Waals surface area contributed by atoms with Gasteiger partial charge in [-0.3, -0.25) is 9.59 Å². The van der Waals surface area contributed by atoms with Crippen LogP contribution in [0.25, 0.3) is 6.08 Å². The molecule has 28 heavy (non-hydrogen) atoms. The molecular weight excluding hydrogens is 353 g/mol. The first kappa shape index (κ1) is 18.0. The Labute approximate surface area is 166 Å². The van der Waals surface area contributed by atoms with E-state index in [4.69, 9.17) is 9.31 Å². The highest BCUT2D eigenvalue weighted by atomic mass is 16.7. The maximum absolute atomic E-state index is 12.4. The number of rotatable bonds is 4. The van der Waals surface area contributed by atoms with Crippen LogP contribution in [-0.2, 0) is 18.9 Å². The van der Waals surface area contributed by atoms with Gasteiger partial charge < -0.3 is 13.7 Å². The minimum Gasteiger partial charge on any atom is -0.596 e. The summed E-state index contributed by atoms with van der Waals surface area (Å²) in [6, 6.07) is 9.87. The molecule has 6 heteroatoms. The van der Waals surface area contributed by atoms with Crippen molar-refractivity contribution in [3.8, 4) is 0 Å². The Morgan fingerprint density at radius 3 is 2.39 bits per heavy atom. The summed E-state index contributed by atoms with van der Waals surface area (Å²) < 4.78 is 11.9. The maximum atomic E-state index is 12.4. The van der Waals surface area contributed by atoms with Crippen molar-refractivity contribution >= 4 is 24.7 Å². The lowest BCUT2D eigenvalue weighted by Crippen LogP contribution is -2.66. The van der Waals surface area contributed by atoms with Gasteiger partial charge in [-0.05, 0) is 42.1 Å². The Kier molecular flexibility index (Phi) is 3.83. The fraction of sp³-hybridized carbons (Fsp3) is 0.545. The van der Waals surface area contributed by atoms with E-state index >= 15 is 0 Å². The van der Waals surface area contributed by atoms with E-state index < -0.39 is 6.69 Å². The largest absolute Gasteiger partial charge is 0.607 e. The summed E-state index contributed by atoms with van der Waals surface area (Å²) >= 11 is 0. The molecule has 2 unspecified atom stereocenters. The highest BCUT2D eigenvalue weighted by Gasteiger charge is 2.67. The van der Waals surface area contributed by atoms with Crippen LogP contribution in [0.15, 0.2) is 36.3 Å². The van der Waals surface area contributed by atoms with Crippen LogP contribution in [0.1, 0.15) is 38.7 Å². The molecule has 5 nitrogen and oxygen atoms in total. The maximum Gasteiger partial charge on any atom is 0.607 e. The normalized spacial score (nSPS) is 40.7. The van der Waals surface area contributed by atoms with E-state index in [1.165, 1.54) is 19.3 Å². The van der Waals surface area contributed by atoms with E-state index in [0.29, 0.717) is 21.6 Å². The van der Waals surface area contributed by atoms with E-state index in [0.717, 1.165) is 18.0 Å². The topological polar surface area (TPSA) is 52.6 Å². The second-order valence-corrected chi connectivity index (χ2v) is 9.89. The molecule has 0 aromatic heterocycles. The zero-order valence-electron chi connectivity index (χ0n) is 16.7. The Hall–Kier alpha value is -2.08. The van der Waals surface area contributed by atoms with Crippen molar-refractivity contribution < 1.29 is 23.3 Å². The SMILES string of the molecule is CC1(C)C2C[C@H]1CCC2C[N+]12CC(=O)O[B-]1(/C=C/c1ccccc1)OC(=O)C2. The molecule has 0 amide bonds. The summed E-state index contributed by atoms with van der Waals surface area (Å²) in [4.78, 5) is 24.8. The Bertz CT molecular complexity index is 827. The van der Waals surface area contributed by atoms with E-state index in [-0.39, 0.29) is 25.0 Å². The Balaban J connectivity index is 1.47. The summed E-state index contributed by atoms with van der Waals surface area (Å²) in [5.41, 5.74) is 1.37. The zero-order valence-corrected chi connectivity index (χ0v) is 16.7. The Morgan fingerprint density at radius 2 is 1.79 bits per heavy atom. The van der Waals surface area contributed by atoms with E-state index in [9.17, 15) is 9.59 Å². The van der Waals surface area contributed by atoms with Crippen molar-refractivity contribution in [3.63, 3.8) is 0 Å². The molecule has 0 spiro atoms. The van der Waals surface area contributed by atoms with Crippen molar-refractivity contribution in [1.29, 1.82) is 0 Å². The summed E-state index contributed by atoms with van der Waals surface area (Å²) in [6.07, 6.45) is 5.63. The van der Waals surface area contributed by atoms with Gasteiger partial charge in [-0.1, -0.05) is 56.2 Å². The fourth-order valence-electron chi connectivity index (χ4n) is 6.51. The van der Waals surface area contributed by atoms with Crippen molar-refractivity contribution in [3.05, 3.63) is 41.9 Å². The van der Waals surface area contributed by atoms with Gasteiger partial charge in [0.15, 0.2) is 0 Å². The van der Waals surface area contributed by atoms with Crippen LogP contribution in [0, 0.1) is 23.2 Å². The van der Waals surface area contributed by atoms with Gasteiger partial charge in [-0.2, -0.15) is 0 Å². The highest BCUT2D eigenvalue weighted by molar-refractivity contribution is 6.71. The molecule has 6 rings (SSSR count). The van der Waals surface area contributed by atoms with Crippen molar-refractivity contribution in [1.82, 2.24) is 0 Å². The van der Waals surface area contributed by atoms with Crippen molar-refractivity contribution in [2.45, 2.75) is 33.1 Å². The number of hydrogen-bond acceptors (Lipinski definition) is 4. The number of benzene rings is 1. The monoisotopic (exact) mass is 381 g/mol. The second kappa shape index (κ2) is 5.96. The zero-order chi connectivity index (χ0) is 19.6. The van der Waals surface area contributed by atoms with Crippen LogP contribution in [-0.4, -0.2) is 42.7 Å². The molecule has 3 atom stereocenters. The smallest absolute Gasteiger partial charge is 0.596 e. The number of carbonyl (C=O) groups excluding carboxylic acids is 2. The number of nitrogens with zero attached hydrogens (tertiary/aromatic N) is 1. The first-order valence-electron chi connectivity index (χ1n) is 10.5. The van der Waals surface area contributed by atoms with E-state index in [1.807, 2.05) is 42.4 Å². The average molecular weight is 381 g/mol. The van der Waals surface area contributed by atoms with Gasteiger partial charge in [0.05, 0.1) is 0 Å². The molecule has 3 aliphatic carbocycles. The highest BCUT2D eigenvalue weighted by Crippen LogP contribution is 2.62. The van der Waals surface area contributed by atoms with E-state index in [1.54, 1.807) is 0 Å². The van der Waals surface area contributed by atoms with Crippen LogP contribution in [0.2, 0.25) is 0 Å². The molecule has 5 aliphatic rings.